The van der Waals surface area contributed by atoms with E-state index in [1.807, 2.05) is 6.07 Å². The summed E-state index contributed by atoms with van der Waals surface area (Å²) >= 11 is 0. The molecule has 0 aromatic heterocycles. The lowest BCUT2D eigenvalue weighted by molar-refractivity contribution is 0.000622. The molecule has 1 fully saturated rings. The Balaban J connectivity index is 1.66. The summed E-state index contributed by atoms with van der Waals surface area (Å²) in [6, 6.07) is 10.4. The number of ether oxygens (including phenoxy) is 2. The molecule has 0 N–H and O–H groups in total. The van der Waals surface area contributed by atoms with E-state index in [9.17, 15) is 0 Å². The topological polar surface area (TPSA) is 18.5 Å². The van der Waals surface area contributed by atoms with Crippen molar-refractivity contribution in [3.05, 3.63) is 35.9 Å². The average molecular weight is 234 g/mol. The van der Waals surface area contributed by atoms with Gasteiger partial charge in [-0.3, -0.25) is 0 Å². The fraction of sp³-hybridized carbons (Fsp3) is 0.600. The van der Waals surface area contributed by atoms with E-state index in [0.717, 1.165) is 32.8 Å². The number of benzene rings is 1. The zero-order valence-electron chi connectivity index (χ0n) is 10.7. The number of hydrogen-bond donors (Lipinski definition) is 0. The summed E-state index contributed by atoms with van der Waals surface area (Å²) in [5.74, 6) is 0. The minimum atomic E-state index is 0.426. The van der Waals surface area contributed by atoms with Crippen molar-refractivity contribution < 1.29 is 9.47 Å². The first-order valence-electron chi connectivity index (χ1n) is 6.48. The molecular weight excluding hydrogens is 212 g/mol. The van der Waals surface area contributed by atoms with Gasteiger partial charge in [-0.1, -0.05) is 37.3 Å². The van der Waals surface area contributed by atoms with Crippen LogP contribution in [0, 0.1) is 5.41 Å². The van der Waals surface area contributed by atoms with E-state index in [4.69, 9.17) is 9.47 Å². The molecule has 17 heavy (non-hydrogen) atoms. The molecule has 0 spiro atoms. The molecule has 2 nitrogen and oxygen atoms in total. The third-order valence-corrected chi connectivity index (χ3v) is 3.66. The van der Waals surface area contributed by atoms with Crippen LogP contribution in [0.15, 0.2) is 30.3 Å². The molecule has 2 rings (SSSR count). The molecule has 0 unspecified atom stereocenters. The number of hydrogen-bond acceptors (Lipinski definition) is 2. The smallest absolute Gasteiger partial charge is 0.0716 e. The fourth-order valence-corrected chi connectivity index (χ4v) is 2.20. The van der Waals surface area contributed by atoms with E-state index in [-0.39, 0.29) is 0 Å². The summed E-state index contributed by atoms with van der Waals surface area (Å²) in [6.07, 6.45) is 3.48. The molecule has 1 aromatic carbocycles. The molecule has 1 heterocycles. The Labute approximate surface area is 104 Å². The normalized spacial score (nSPS) is 19.1. The van der Waals surface area contributed by atoms with Crippen molar-refractivity contribution >= 4 is 0 Å². The van der Waals surface area contributed by atoms with Crippen LogP contribution in [0.1, 0.15) is 31.7 Å². The third kappa shape index (κ3) is 4.14. The maximum Gasteiger partial charge on any atom is 0.0716 e. The largest absolute Gasteiger partial charge is 0.381 e. The lowest BCUT2D eigenvalue weighted by Crippen LogP contribution is -2.27. The SMILES string of the molecule is CC1(CCOCc2ccccc2)CCOCC1. The minimum absolute atomic E-state index is 0.426. The molecule has 1 saturated heterocycles. The van der Waals surface area contributed by atoms with Gasteiger partial charge in [0.15, 0.2) is 0 Å². The van der Waals surface area contributed by atoms with Crippen LogP contribution in [0.3, 0.4) is 0 Å². The molecule has 0 amide bonds. The van der Waals surface area contributed by atoms with Gasteiger partial charge in [0.1, 0.15) is 0 Å². The molecule has 1 aromatic rings. The van der Waals surface area contributed by atoms with E-state index in [1.165, 1.54) is 18.4 Å². The van der Waals surface area contributed by atoms with Crippen molar-refractivity contribution in [2.24, 2.45) is 5.41 Å². The van der Waals surface area contributed by atoms with Gasteiger partial charge in [-0.15, -0.1) is 0 Å². The van der Waals surface area contributed by atoms with Crippen molar-refractivity contribution in [1.29, 1.82) is 0 Å². The standard InChI is InChI=1S/C15H22O2/c1-15(7-10-16-11-8-15)9-12-17-13-14-5-3-2-4-6-14/h2-6H,7-13H2,1H3. The van der Waals surface area contributed by atoms with Gasteiger partial charge in [0, 0.05) is 19.8 Å². The Morgan fingerprint density at radius 3 is 2.59 bits per heavy atom. The van der Waals surface area contributed by atoms with Crippen molar-refractivity contribution in [3.8, 4) is 0 Å². The molecule has 94 valence electrons. The first-order chi connectivity index (χ1) is 8.29. The van der Waals surface area contributed by atoms with Gasteiger partial charge in [0.2, 0.25) is 0 Å². The van der Waals surface area contributed by atoms with Gasteiger partial charge in [0.05, 0.1) is 6.61 Å². The second-order valence-electron chi connectivity index (χ2n) is 5.21. The summed E-state index contributed by atoms with van der Waals surface area (Å²) in [5.41, 5.74) is 1.68. The van der Waals surface area contributed by atoms with Gasteiger partial charge in [-0.2, -0.15) is 0 Å². The Morgan fingerprint density at radius 2 is 1.88 bits per heavy atom. The maximum atomic E-state index is 5.75. The highest BCUT2D eigenvalue weighted by Crippen LogP contribution is 2.33. The summed E-state index contributed by atoms with van der Waals surface area (Å²) in [5, 5.41) is 0. The van der Waals surface area contributed by atoms with Gasteiger partial charge < -0.3 is 9.47 Å². The van der Waals surface area contributed by atoms with Gasteiger partial charge in [-0.05, 0) is 30.2 Å². The molecule has 0 atom stereocenters. The highest BCUT2D eigenvalue weighted by molar-refractivity contribution is 5.13. The first kappa shape index (κ1) is 12.6. The van der Waals surface area contributed by atoms with Crippen LogP contribution in [-0.4, -0.2) is 19.8 Å². The summed E-state index contributed by atoms with van der Waals surface area (Å²) in [7, 11) is 0. The molecule has 0 aliphatic carbocycles. The van der Waals surface area contributed by atoms with E-state index in [2.05, 4.69) is 31.2 Å². The average Bonchev–Trinajstić information content (AvgIpc) is 2.37. The Bertz CT molecular complexity index is 315. The molecule has 1 aliphatic rings. The monoisotopic (exact) mass is 234 g/mol. The predicted octanol–water partition coefficient (Wildman–Crippen LogP) is 3.41. The van der Waals surface area contributed by atoms with Gasteiger partial charge in [0.25, 0.3) is 0 Å². The highest BCUT2D eigenvalue weighted by Gasteiger charge is 2.26. The van der Waals surface area contributed by atoms with Crippen molar-refractivity contribution in [2.45, 2.75) is 32.8 Å². The third-order valence-electron chi connectivity index (χ3n) is 3.66. The van der Waals surface area contributed by atoms with Crippen LogP contribution in [0.25, 0.3) is 0 Å². The van der Waals surface area contributed by atoms with E-state index in [1.54, 1.807) is 0 Å². The van der Waals surface area contributed by atoms with Crippen LogP contribution in [0.2, 0.25) is 0 Å². The van der Waals surface area contributed by atoms with Crippen LogP contribution in [0.4, 0.5) is 0 Å². The summed E-state index contributed by atoms with van der Waals surface area (Å²) < 4.78 is 11.1. The van der Waals surface area contributed by atoms with Crippen molar-refractivity contribution in [3.63, 3.8) is 0 Å². The predicted molar refractivity (Wildman–Crippen MR) is 68.9 cm³/mol. The Kier molecular flexibility index (Phi) is 4.57. The fourth-order valence-electron chi connectivity index (χ4n) is 2.20. The van der Waals surface area contributed by atoms with E-state index in [0.29, 0.717) is 5.41 Å². The molecule has 2 heteroatoms. The second kappa shape index (κ2) is 6.18. The molecule has 0 saturated carbocycles. The van der Waals surface area contributed by atoms with Crippen LogP contribution in [-0.2, 0) is 16.1 Å². The number of rotatable bonds is 5. The van der Waals surface area contributed by atoms with E-state index >= 15 is 0 Å². The highest BCUT2D eigenvalue weighted by atomic mass is 16.5. The lowest BCUT2D eigenvalue weighted by Gasteiger charge is -2.33. The molecule has 0 bridgehead atoms. The Hall–Kier alpha value is -0.860. The maximum absolute atomic E-state index is 5.75. The van der Waals surface area contributed by atoms with Gasteiger partial charge in [-0.25, -0.2) is 0 Å². The molecule has 0 radical (unpaired) electrons. The quantitative estimate of drug-likeness (QED) is 0.727. The van der Waals surface area contributed by atoms with Crippen LogP contribution < -0.4 is 0 Å². The summed E-state index contributed by atoms with van der Waals surface area (Å²) in [4.78, 5) is 0. The Morgan fingerprint density at radius 1 is 1.18 bits per heavy atom. The zero-order valence-corrected chi connectivity index (χ0v) is 10.7. The minimum Gasteiger partial charge on any atom is -0.381 e. The second-order valence-corrected chi connectivity index (χ2v) is 5.21. The van der Waals surface area contributed by atoms with E-state index < -0.39 is 0 Å². The van der Waals surface area contributed by atoms with Crippen molar-refractivity contribution in [2.75, 3.05) is 19.8 Å². The van der Waals surface area contributed by atoms with Gasteiger partial charge >= 0.3 is 0 Å². The molecule has 1 aliphatic heterocycles. The van der Waals surface area contributed by atoms with Crippen LogP contribution >= 0.6 is 0 Å². The van der Waals surface area contributed by atoms with Crippen LogP contribution in [0.5, 0.6) is 0 Å². The lowest BCUT2D eigenvalue weighted by atomic mass is 9.80. The zero-order chi connectivity index (χ0) is 12.0. The summed E-state index contributed by atoms with van der Waals surface area (Å²) in [6.45, 7) is 5.75. The van der Waals surface area contributed by atoms with Crippen molar-refractivity contribution in [1.82, 2.24) is 0 Å². The molecular formula is C15H22O2. The first-order valence-corrected chi connectivity index (χ1v) is 6.48.